The van der Waals surface area contributed by atoms with Crippen molar-refractivity contribution < 1.29 is 17.6 Å². The molecule has 9 heteroatoms. The molecule has 2 aliphatic carbocycles. The number of pyridine rings is 1. The number of benzene rings is 1. The van der Waals surface area contributed by atoms with E-state index >= 15 is 0 Å². The number of hydrogen-bond donors (Lipinski definition) is 1. The van der Waals surface area contributed by atoms with Gasteiger partial charge in [-0.1, -0.05) is 11.6 Å². The summed E-state index contributed by atoms with van der Waals surface area (Å²) in [7, 11) is -3.06. The second-order valence-corrected chi connectivity index (χ2v) is 11.0. The van der Waals surface area contributed by atoms with E-state index in [0.29, 0.717) is 23.2 Å². The molecule has 30 heavy (non-hydrogen) atoms. The lowest BCUT2D eigenvalue weighted by Gasteiger charge is -2.28. The predicted molar refractivity (Wildman–Crippen MR) is 113 cm³/mol. The molecule has 1 saturated heterocycles. The Morgan fingerprint density at radius 2 is 1.87 bits per heavy atom. The minimum atomic E-state index is -3.06. The number of nitrogens with one attached hydrogen (secondary N) is 1. The first-order valence-corrected chi connectivity index (χ1v) is 12.3. The van der Waals surface area contributed by atoms with Crippen LogP contribution in [0.25, 0.3) is 0 Å². The summed E-state index contributed by atoms with van der Waals surface area (Å²) < 4.78 is 36.9. The molecule has 2 bridgehead atoms. The number of amides is 1. The quantitative estimate of drug-likeness (QED) is 0.769. The fourth-order valence-electron chi connectivity index (χ4n) is 4.96. The van der Waals surface area contributed by atoms with E-state index in [1.807, 2.05) is 0 Å². The number of nitrogens with zero attached hydrogens (tertiary/aromatic N) is 2. The largest absolute Gasteiger partial charge is 0.354 e. The normalized spacial score (nSPS) is 24.0. The van der Waals surface area contributed by atoms with Gasteiger partial charge in [0.15, 0.2) is 9.84 Å². The second-order valence-electron chi connectivity index (χ2n) is 8.25. The van der Waals surface area contributed by atoms with Crippen LogP contribution in [0.4, 0.5) is 15.8 Å². The summed E-state index contributed by atoms with van der Waals surface area (Å²) in [5.74, 6) is -0.0157. The molecular weight excluding hydrogens is 429 g/mol. The molecule has 5 rings (SSSR count). The molecule has 0 spiro atoms. The lowest BCUT2D eigenvalue weighted by atomic mass is 9.89. The molecule has 1 saturated carbocycles. The van der Waals surface area contributed by atoms with Crippen LogP contribution in [-0.2, 0) is 9.84 Å². The Morgan fingerprint density at radius 1 is 1.17 bits per heavy atom. The van der Waals surface area contributed by atoms with Crippen molar-refractivity contribution in [1.82, 2.24) is 9.88 Å². The van der Waals surface area contributed by atoms with Crippen LogP contribution in [0.5, 0.6) is 0 Å². The molecule has 1 N–H and O–H groups in total. The Hall–Kier alpha value is -2.19. The molecule has 2 unspecified atom stereocenters. The third-order valence-corrected chi connectivity index (χ3v) is 8.34. The fourth-order valence-corrected chi connectivity index (χ4v) is 6.35. The summed E-state index contributed by atoms with van der Waals surface area (Å²) >= 11 is 5.91. The number of halogens is 2. The maximum absolute atomic E-state index is 13.5. The van der Waals surface area contributed by atoms with Gasteiger partial charge in [-0.3, -0.25) is 4.79 Å². The summed E-state index contributed by atoms with van der Waals surface area (Å²) in [6.45, 7) is 0.416. The second kappa shape index (κ2) is 7.20. The standard InChI is InChI=1S/C21H21ClFN3O3S/c22-15-10-14(3-4-16(15)23)25-17-11-24-20(19-13-2-1-12(9-13)18(17)19)21(27)26-5-7-30(28,29)8-6-26/h3-4,10-13,25H,1-2,5-9H2. The summed E-state index contributed by atoms with van der Waals surface area (Å²) in [4.78, 5) is 19.3. The van der Waals surface area contributed by atoms with Crippen molar-refractivity contribution in [3.63, 3.8) is 0 Å². The van der Waals surface area contributed by atoms with Crippen molar-refractivity contribution >= 4 is 38.7 Å². The molecule has 0 radical (unpaired) electrons. The number of aromatic nitrogens is 1. The van der Waals surface area contributed by atoms with Crippen molar-refractivity contribution in [2.45, 2.75) is 31.1 Å². The maximum atomic E-state index is 13.5. The number of carbonyl (C=O) groups excluding carboxylic acids is 1. The topological polar surface area (TPSA) is 79.4 Å². The van der Waals surface area contributed by atoms with Gasteiger partial charge in [-0.25, -0.2) is 17.8 Å². The van der Waals surface area contributed by atoms with Gasteiger partial charge in [0, 0.05) is 18.8 Å². The molecule has 1 aromatic carbocycles. The zero-order chi connectivity index (χ0) is 21.0. The van der Waals surface area contributed by atoms with E-state index in [1.165, 1.54) is 12.1 Å². The zero-order valence-corrected chi connectivity index (χ0v) is 17.8. The Balaban J connectivity index is 1.49. The van der Waals surface area contributed by atoms with Crippen molar-refractivity contribution in [2.75, 3.05) is 29.9 Å². The highest BCUT2D eigenvalue weighted by Crippen LogP contribution is 2.56. The van der Waals surface area contributed by atoms with Gasteiger partial charge < -0.3 is 10.2 Å². The maximum Gasteiger partial charge on any atom is 0.272 e. The fraction of sp³-hybridized carbons (Fsp3) is 0.429. The average molecular weight is 450 g/mol. The van der Waals surface area contributed by atoms with E-state index in [2.05, 4.69) is 10.3 Å². The van der Waals surface area contributed by atoms with Crippen molar-refractivity contribution in [3.05, 3.63) is 52.1 Å². The molecule has 2 atom stereocenters. The van der Waals surface area contributed by atoms with Gasteiger partial charge in [0.05, 0.1) is 28.4 Å². The first-order valence-electron chi connectivity index (χ1n) is 10.1. The molecule has 1 aromatic heterocycles. The molecule has 2 aromatic rings. The van der Waals surface area contributed by atoms with Crippen LogP contribution in [0.2, 0.25) is 5.02 Å². The molecule has 2 heterocycles. The van der Waals surface area contributed by atoms with Crippen molar-refractivity contribution in [2.24, 2.45) is 0 Å². The van der Waals surface area contributed by atoms with Gasteiger partial charge in [-0.15, -0.1) is 0 Å². The minimum Gasteiger partial charge on any atom is -0.354 e. The van der Waals surface area contributed by atoms with Gasteiger partial charge in [-0.05, 0) is 60.4 Å². The SMILES string of the molecule is O=C(c1ncc(Nc2ccc(F)c(Cl)c2)c2c1C1CCC2C1)N1CCS(=O)(=O)CC1. The van der Waals surface area contributed by atoms with E-state index in [1.54, 1.807) is 17.2 Å². The number of sulfone groups is 1. The molecule has 158 valence electrons. The number of hydrogen-bond acceptors (Lipinski definition) is 5. The number of fused-ring (bicyclic) bond motifs is 5. The van der Waals surface area contributed by atoms with Crippen LogP contribution in [0, 0.1) is 5.82 Å². The molecule has 1 amide bonds. The first-order chi connectivity index (χ1) is 14.3. The highest BCUT2D eigenvalue weighted by Gasteiger charge is 2.42. The monoisotopic (exact) mass is 449 g/mol. The average Bonchev–Trinajstić information content (AvgIpc) is 3.33. The van der Waals surface area contributed by atoms with E-state index in [-0.39, 0.29) is 35.5 Å². The van der Waals surface area contributed by atoms with Crippen LogP contribution in [-0.4, -0.2) is 48.8 Å². The number of anilines is 2. The predicted octanol–water partition coefficient (Wildman–Crippen LogP) is 3.85. The van der Waals surface area contributed by atoms with Crippen molar-refractivity contribution in [3.8, 4) is 0 Å². The summed E-state index contributed by atoms with van der Waals surface area (Å²) in [6.07, 6.45) is 4.75. The van der Waals surface area contributed by atoms with Gasteiger partial charge >= 0.3 is 0 Å². The van der Waals surface area contributed by atoms with Crippen LogP contribution in [0.3, 0.4) is 0 Å². The third kappa shape index (κ3) is 3.36. The Labute approximate surface area is 179 Å². The summed E-state index contributed by atoms with van der Waals surface area (Å²) in [5, 5.41) is 3.34. The molecular formula is C21H21ClFN3O3S. The van der Waals surface area contributed by atoms with Crippen LogP contribution < -0.4 is 5.32 Å². The van der Waals surface area contributed by atoms with Gasteiger partial charge in [-0.2, -0.15) is 0 Å². The van der Waals surface area contributed by atoms with E-state index in [0.717, 1.165) is 36.1 Å². The van der Waals surface area contributed by atoms with Crippen LogP contribution in [0.15, 0.2) is 24.4 Å². The Morgan fingerprint density at radius 3 is 2.57 bits per heavy atom. The Bertz CT molecular complexity index is 1140. The minimum absolute atomic E-state index is 0.00203. The van der Waals surface area contributed by atoms with Crippen LogP contribution in [0.1, 0.15) is 52.7 Å². The highest BCUT2D eigenvalue weighted by atomic mass is 35.5. The summed E-state index contributed by atoms with van der Waals surface area (Å²) in [6, 6.07) is 4.46. The number of rotatable bonds is 3. The molecule has 6 nitrogen and oxygen atoms in total. The lowest BCUT2D eigenvalue weighted by molar-refractivity contribution is 0.0762. The number of carbonyl (C=O) groups is 1. The van der Waals surface area contributed by atoms with Crippen LogP contribution >= 0.6 is 11.6 Å². The zero-order valence-electron chi connectivity index (χ0n) is 16.2. The Kier molecular flexibility index (Phi) is 4.74. The molecule has 2 fully saturated rings. The van der Waals surface area contributed by atoms with E-state index < -0.39 is 15.7 Å². The van der Waals surface area contributed by atoms with Gasteiger partial charge in [0.2, 0.25) is 0 Å². The van der Waals surface area contributed by atoms with Gasteiger partial charge in [0.1, 0.15) is 11.5 Å². The summed E-state index contributed by atoms with van der Waals surface area (Å²) in [5.41, 5.74) is 4.02. The third-order valence-electron chi connectivity index (χ3n) is 6.44. The van der Waals surface area contributed by atoms with E-state index in [4.69, 9.17) is 11.6 Å². The highest BCUT2D eigenvalue weighted by molar-refractivity contribution is 7.91. The molecule has 1 aliphatic heterocycles. The van der Waals surface area contributed by atoms with Gasteiger partial charge in [0.25, 0.3) is 5.91 Å². The van der Waals surface area contributed by atoms with E-state index in [9.17, 15) is 17.6 Å². The first kappa shape index (κ1) is 19.8. The lowest BCUT2D eigenvalue weighted by Crippen LogP contribution is -2.44. The van der Waals surface area contributed by atoms with Crippen molar-refractivity contribution in [1.29, 1.82) is 0 Å². The smallest absolute Gasteiger partial charge is 0.272 e. The molecule has 3 aliphatic rings.